The van der Waals surface area contributed by atoms with Crippen molar-refractivity contribution in [1.29, 1.82) is 0 Å². The van der Waals surface area contributed by atoms with Crippen LogP contribution in [0.1, 0.15) is 30.3 Å². The standard InChI is InChI=1S/C14H16ClN5O2/c1-2-22-13(21)10-5-9(7-16-10)18-12-6-11(17-8-3-4-8)19-14(15)20-12/h5-8,16H,2-4H2,1H3,(H2,17,18,19,20). The van der Waals surface area contributed by atoms with Gasteiger partial charge >= 0.3 is 5.97 Å². The number of carbonyl (C=O) groups excluding carboxylic acids is 1. The van der Waals surface area contributed by atoms with Crippen LogP contribution in [0.5, 0.6) is 0 Å². The van der Waals surface area contributed by atoms with E-state index in [1.54, 1.807) is 25.3 Å². The number of nitrogens with one attached hydrogen (secondary N) is 3. The number of aromatic amines is 1. The molecule has 0 unspecified atom stereocenters. The van der Waals surface area contributed by atoms with Crippen molar-refractivity contribution in [3.63, 3.8) is 0 Å². The smallest absolute Gasteiger partial charge is 0.354 e. The molecule has 8 heteroatoms. The number of anilines is 3. The first kappa shape index (κ1) is 14.6. The third-order valence-electron chi connectivity index (χ3n) is 3.08. The number of aromatic nitrogens is 3. The molecule has 1 aliphatic carbocycles. The van der Waals surface area contributed by atoms with E-state index >= 15 is 0 Å². The predicted octanol–water partition coefficient (Wildman–Crippen LogP) is 2.95. The van der Waals surface area contributed by atoms with E-state index in [1.807, 2.05) is 0 Å². The lowest BCUT2D eigenvalue weighted by molar-refractivity contribution is 0.0520. The van der Waals surface area contributed by atoms with Crippen LogP contribution in [-0.2, 0) is 4.74 Å². The van der Waals surface area contributed by atoms with E-state index in [9.17, 15) is 4.79 Å². The fraction of sp³-hybridized carbons (Fsp3) is 0.357. The van der Waals surface area contributed by atoms with Gasteiger partial charge in [0.2, 0.25) is 5.28 Å². The lowest BCUT2D eigenvalue weighted by atomic mass is 10.4. The highest BCUT2D eigenvalue weighted by Crippen LogP contribution is 2.26. The van der Waals surface area contributed by atoms with E-state index < -0.39 is 5.97 Å². The Morgan fingerprint density at radius 3 is 2.91 bits per heavy atom. The van der Waals surface area contributed by atoms with Crippen LogP contribution in [0.3, 0.4) is 0 Å². The maximum atomic E-state index is 11.6. The van der Waals surface area contributed by atoms with Crippen LogP contribution in [0.15, 0.2) is 18.3 Å². The monoisotopic (exact) mass is 321 g/mol. The second-order valence-electron chi connectivity index (χ2n) is 4.97. The second kappa shape index (κ2) is 6.23. The number of H-pyrrole nitrogens is 1. The zero-order chi connectivity index (χ0) is 15.5. The van der Waals surface area contributed by atoms with Gasteiger partial charge in [-0.1, -0.05) is 0 Å². The summed E-state index contributed by atoms with van der Waals surface area (Å²) in [4.78, 5) is 22.7. The third-order valence-corrected chi connectivity index (χ3v) is 3.25. The molecule has 0 saturated heterocycles. The molecular weight excluding hydrogens is 306 g/mol. The molecule has 0 bridgehead atoms. The Kier molecular flexibility index (Phi) is 4.15. The van der Waals surface area contributed by atoms with Gasteiger partial charge in [-0.2, -0.15) is 0 Å². The number of nitrogens with zero attached hydrogens (tertiary/aromatic N) is 2. The minimum Gasteiger partial charge on any atom is -0.461 e. The van der Waals surface area contributed by atoms with E-state index in [2.05, 4.69) is 25.6 Å². The van der Waals surface area contributed by atoms with E-state index in [0.29, 0.717) is 35.7 Å². The average Bonchev–Trinajstić information content (AvgIpc) is 3.14. The van der Waals surface area contributed by atoms with Crippen LogP contribution < -0.4 is 10.6 Å². The summed E-state index contributed by atoms with van der Waals surface area (Å²) in [6, 6.07) is 3.91. The zero-order valence-corrected chi connectivity index (χ0v) is 12.8. The molecule has 3 N–H and O–H groups in total. The summed E-state index contributed by atoms with van der Waals surface area (Å²) in [5.41, 5.74) is 1.07. The van der Waals surface area contributed by atoms with Crippen molar-refractivity contribution in [3.05, 3.63) is 29.3 Å². The molecule has 1 aliphatic rings. The van der Waals surface area contributed by atoms with E-state index in [-0.39, 0.29) is 5.28 Å². The Balaban J connectivity index is 1.72. The fourth-order valence-corrected chi connectivity index (χ4v) is 2.12. The van der Waals surface area contributed by atoms with Crippen LogP contribution in [0.4, 0.5) is 17.3 Å². The number of halogens is 1. The average molecular weight is 322 g/mol. The topological polar surface area (TPSA) is 91.9 Å². The highest BCUT2D eigenvalue weighted by molar-refractivity contribution is 6.28. The highest BCUT2D eigenvalue weighted by atomic mass is 35.5. The van der Waals surface area contributed by atoms with Crippen LogP contribution in [0.2, 0.25) is 5.28 Å². The van der Waals surface area contributed by atoms with Crippen molar-refractivity contribution in [3.8, 4) is 0 Å². The van der Waals surface area contributed by atoms with Gasteiger partial charge in [-0.05, 0) is 37.4 Å². The Labute approximate surface area is 132 Å². The molecule has 0 radical (unpaired) electrons. The molecule has 0 spiro atoms. The molecule has 2 heterocycles. The summed E-state index contributed by atoms with van der Waals surface area (Å²) < 4.78 is 4.93. The van der Waals surface area contributed by atoms with Crippen molar-refractivity contribution in [2.24, 2.45) is 0 Å². The summed E-state index contributed by atoms with van der Waals surface area (Å²) in [6.45, 7) is 2.09. The molecule has 7 nitrogen and oxygen atoms in total. The maximum Gasteiger partial charge on any atom is 0.354 e. The third kappa shape index (κ3) is 3.67. The van der Waals surface area contributed by atoms with Crippen molar-refractivity contribution in [2.45, 2.75) is 25.8 Å². The highest BCUT2D eigenvalue weighted by Gasteiger charge is 2.21. The number of esters is 1. The molecular formula is C14H16ClN5O2. The first-order valence-corrected chi connectivity index (χ1v) is 7.45. The summed E-state index contributed by atoms with van der Waals surface area (Å²) in [5.74, 6) is 0.844. The summed E-state index contributed by atoms with van der Waals surface area (Å²) >= 11 is 5.93. The van der Waals surface area contributed by atoms with Gasteiger partial charge in [0.15, 0.2) is 0 Å². The van der Waals surface area contributed by atoms with Crippen LogP contribution >= 0.6 is 11.6 Å². The molecule has 2 aromatic rings. The van der Waals surface area contributed by atoms with Crippen molar-refractivity contribution in [1.82, 2.24) is 15.0 Å². The largest absolute Gasteiger partial charge is 0.461 e. The molecule has 0 aromatic carbocycles. The Bertz CT molecular complexity index is 684. The van der Waals surface area contributed by atoms with Gasteiger partial charge in [-0.15, -0.1) is 0 Å². The number of hydrogen-bond acceptors (Lipinski definition) is 6. The van der Waals surface area contributed by atoms with Gasteiger partial charge in [0.1, 0.15) is 17.3 Å². The Morgan fingerprint density at radius 2 is 2.18 bits per heavy atom. The molecule has 0 amide bonds. The summed E-state index contributed by atoms with van der Waals surface area (Å²) in [5, 5.41) is 6.51. The molecule has 22 heavy (non-hydrogen) atoms. The van der Waals surface area contributed by atoms with Crippen molar-refractivity contribution < 1.29 is 9.53 Å². The summed E-state index contributed by atoms with van der Waals surface area (Å²) in [7, 11) is 0. The van der Waals surface area contributed by atoms with E-state index in [1.165, 1.54) is 0 Å². The molecule has 0 aliphatic heterocycles. The van der Waals surface area contributed by atoms with Gasteiger partial charge in [-0.25, -0.2) is 14.8 Å². The van der Waals surface area contributed by atoms with Crippen LogP contribution in [-0.4, -0.2) is 33.6 Å². The maximum absolute atomic E-state index is 11.6. The van der Waals surface area contributed by atoms with E-state index in [4.69, 9.17) is 16.3 Å². The predicted molar refractivity (Wildman–Crippen MR) is 83.7 cm³/mol. The van der Waals surface area contributed by atoms with Crippen LogP contribution in [0, 0.1) is 0 Å². The van der Waals surface area contributed by atoms with Crippen molar-refractivity contribution >= 4 is 34.9 Å². The van der Waals surface area contributed by atoms with Crippen molar-refractivity contribution in [2.75, 3.05) is 17.2 Å². The van der Waals surface area contributed by atoms with Gasteiger partial charge in [0.25, 0.3) is 0 Å². The van der Waals surface area contributed by atoms with E-state index in [0.717, 1.165) is 12.8 Å². The number of rotatable bonds is 6. The zero-order valence-electron chi connectivity index (χ0n) is 12.0. The van der Waals surface area contributed by atoms with Gasteiger partial charge in [0.05, 0.1) is 12.3 Å². The normalized spacial score (nSPS) is 13.7. The number of carbonyl (C=O) groups is 1. The second-order valence-corrected chi connectivity index (χ2v) is 5.31. The lowest BCUT2D eigenvalue weighted by Crippen LogP contribution is -2.05. The van der Waals surface area contributed by atoms with Gasteiger partial charge in [0, 0.05) is 18.3 Å². The quantitative estimate of drug-likeness (QED) is 0.559. The Morgan fingerprint density at radius 1 is 1.41 bits per heavy atom. The number of hydrogen-bond donors (Lipinski definition) is 3. The minimum atomic E-state index is -0.396. The summed E-state index contributed by atoms with van der Waals surface area (Å²) in [6.07, 6.45) is 3.95. The molecule has 1 saturated carbocycles. The van der Waals surface area contributed by atoms with Gasteiger partial charge < -0.3 is 20.4 Å². The minimum absolute atomic E-state index is 0.161. The first-order valence-electron chi connectivity index (χ1n) is 7.07. The van der Waals surface area contributed by atoms with Gasteiger partial charge in [-0.3, -0.25) is 0 Å². The SMILES string of the molecule is CCOC(=O)c1cc(Nc2cc(NC3CC3)nc(Cl)n2)c[nH]1. The lowest BCUT2D eigenvalue weighted by Gasteiger charge is -2.07. The molecule has 3 rings (SSSR count). The molecule has 0 atom stereocenters. The molecule has 2 aromatic heterocycles. The number of ether oxygens (including phenoxy) is 1. The van der Waals surface area contributed by atoms with Crippen LogP contribution in [0.25, 0.3) is 0 Å². The first-order chi connectivity index (χ1) is 10.6. The Hall–Kier alpha value is -2.28. The molecule has 1 fully saturated rings. The molecule has 116 valence electrons. The fourth-order valence-electron chi connectivity index (χ4n) is 1.93.